The molecule has 0 saturated carbocycles. The molecule has 0 fully saturated rings. The number of thiazole rings is 1. The Morgan fingerprint density at radius 3 is 2.75 bits per heavy atom. The van der Waals surface area contributed by atoms with Crippen molar-refractivity contribution in [3.05, 3.63) is 45.9 Å². The molecule has 1 N–H and O–H groups in total. The van der Waals surface area contributed by atoms with Crippen LogP contribution in [0.4, 0.5) is 0 Å². The van der Waals surface area contributed by atoms with E-state index in [2.05, 4.69) is 10.3 Å². The Hall–Kier alpha value is -2.26. The molecule has 0 saturated heterocycles. The molecule has 1 aromatic carbocycles. The summed E-state index contributed by atoms with van der Waals surface area (Å²) in [5, 5.41) is 5.48. The molecule has 0 unspecified atom stereocenters. The summed E-state index contributed by atoms with van der Waals surface area (Å²) >= 11 is 1.53. The van der Waals surface area contributed by atoms with E-state index in [1.54, 1.807) is 12.1 Å². The average Bonchev–Trinajstić information content (AvgIpc) is 3.04. The maximum absolute atomic E-state index is 12.3. The third kappa shape index (κ3) is 3.04. The standard InChI is InChI=1S/C15H15N3O4S2/c1-10-17-11(9-23-10)6-7-16-14(19)8-18-15(20)12-4-2-3-5-13(12)24(18,21)22/h2-5,9H,6-8H2,1H3,(H,16,19). The minimum absolute atomic E-state index is 0.0549. The van der Waals surface area contributed by atoms with Crippen molar-refractivity contribution < 1.29 is 18.0 Å². The Bertz CT molecular complexity index is 905. The highest BCUT2D eigenvalue weighted by atomic mass is 32.2. The molecule has 1 aromatic heterocycles. The van der Waals surface area contributed by atoms with Crippen molar-refractivity contribution in [1.29, 1.82) is 0 Å². The molecule has 2 amide bonds. The van der Waals surface area contributed by atoms with Gasteiger partial charge in [0.2, 0.25) is 5.91 Å². The summed E-state index contributed by atoms with van der Waals surface area (Å²) in [5.74, 6) is -1.19. The first-order chi connectivity index (χ1) is 11.4. The van der Waals surface area contributed by atoms with Gasteiger partial charge in [-0.05, 0) is 19.1 Å². The number of aromatic nitrogens is 1. The second-order valence-electron chi connectivity index (χ2n) is 5.27. The third-order valence-electron chi connectivity index (χ3n) is 3.57. The van der Waals surface area contributed by atoms with Crippen molar-refractivity contribution >= 4 is 33.2 Å². The summed E-state index contributed by atoms with van der Waals surface area (Å²) in [6.45, 7) is 1.71. The topological polar surface area (TPSA) is 96.4 Å². The largest absolute Gasteiger partial charge is 0.354 e. The highest BCUT2D eigenvalue weighted by molar-refractivity contribution is 7.90. The Morgan fingerprint density at radius 2 is 2.08 bits per heavy atom. The number of hydrogen-bond acceptors (Lipinski definition) is 6. The molecule has 0 aliphatic carbocycles. The maximum atomic E-state index is 12.3. The second kappa shape index (κ2) is 6.33. The minimum atomic E-state index is -3.95. The molecule has 9 heteroatoms. The van der Waals surface area contributed by atoms with Crippen molar-refractivity contribution in [2.75, 3.05) is 13.1 Å². The molecule has 0 bridgehead atoms. The highest BCUT2D eigenvalue weighted by Crippen LogP contribution is 2.29. The molecule has 24 heavy (non-hydrogen) atoms. The zero-order valence-corrected chi connectivity index (χ0v) is 14.5. The Morgan fingerprint density at radius 1 is 1.33 bits per heavy atom. The fourth-order valence-corrected chi connectivity index (χ4v) is 4.60. The zero-order chi connectivity index (χ0) is 17.3. The number of hydrogen-bond donors (Lipinski definition) is 1. The van der Waals surface area contributed by atoms with E-state index in [0.29, 0.717) is 17.3 Å². The van der Waals surface area contributed by atoms with Crippen LogP contribution in [-0.4, -0.2) is 42.6 Å². The molecule has 0 spiro atoms. The van der Waals surface area contributed by atoms with Crippen LogP contribution in [-0.2, 0) is 21.2 Å². The SMILES string of the molecule is Cc1nc(CCNC(=O)CN2C(=O)c3ccccc3S2(=O)=O)cs1. The Balaban J connectivity index is 1.62. The van der Waals surface area contributed by atoms with Gasteiger partial charge in [-0.25, -0.2) is 17.7 Å². The predicted octanol–water partition coefficient (Wildman–Crippen LogP) is 0.955. The Kier molecular flexibility index (Phi) is 4.37. The number of carbonyl (C=O) groups is 2. The van der Waals surface area contributed by atoms with Crippen LogP contribution in [0, 0.1) is 6.92 Å². The highest BCUT2D eigenvalue weighted by Gasteiger charge is 2.41. The first-order valence-electron chi connectivity index (χ1n) is 7.23. The summed E-state index contributed by atoms with van der Waals surface area (Å²) < 4.78 is 25.3. The number of nitrogens with zero attached hydrogens (tertiary/aromatic N) is 2. The van der Waals surface area contributed by atoms with Crippen molar-refractivity contribution in [3.8, 4) is 0 Å². The van der Waals surface area contributed by atoms with Crippen LogP contribution in [0.2, 0.25) is 0 Å². The van der Waals surface area contributed by atoms with Crippen molar-refractivity contribution in [2.45, 2.75) is 18.2 Å². The fourth-order valence-electron chi connectivity index (χ4n) is 2.43. The van der Waals surface area contributed by atoms with Gasteiger partial charge in [-0.3, -0.25) is 9.59 Å². The quantitative estimate of drug-likeness (QED) is 0.851. The lowest BCUT2D eigenvalue weighted by molar-refractivity contribution is -0.121. The summed E-state index contributed by atoms with van der Waals surface area (Å²) in [4.78, 5) is 28.4. The lowest BCUT2D eigenvalue weighted by atomic mass is 10.2. The van der Waals surface area contributed by atoms with E-state index in [9.17, 15) is 18.0 Å². The molecule has 1 aliphatic rings. The number of amides is 2. The van der Waals surface area contributed by atoms with E-state index in [0.717, 1.165) is 10.7 Å². The molecule has 3 rings (SSSR count). The van der Waals surface area contributed by atoms with E-state index >= 15 is 0 Å². The number of benzene rings is 1. The van der Waals surface area contributed by atoms with Gasteiger partial charge in [0.15, 0.2) is 0 Å². The second-order valence-corrected chi connectivity index (χ2v) is 8.16. The molecule has 2 aromatic rings. The normalized spacial score (nSPS) is 15.4. The number of rotatable bonds is 5. The number of aryl methyl sites for hydroxylation is 1. The number of fused-ring (bicyclic) bond motifs is 1. The summed E-state index contributed by atoms with van der Waals surface area (Å²) in [6, 6.07) is 5.94. The minimum Gasteiger partial charge on any atom is -0.354 e. The van der Waals surface area contributed by atoms with E-state index < -0.39 is 28.4 Å². The predicted molar refractivity (Wildman–Crippen MR) is 88.2 cm³/mol. The third-order valence-corrected chi connectivity index (χ3v) is 6.18. The van der Waals surface area contributed by atoms with Gasteiger partial charge < -0.3 is 5.32 Å². The number of carbonyl (C=O) groups excluding carboxylic acids is 2. The van der Waals surface area contributed by atoms with E-state index in [-0.39, 0.29) is 10.5 Å². The van der Waals surface area contributed by atoms with Crippen LogP contribution in [0.3, 0.4) is 0 Å². The van der Waals surface area contributed by atoms with Crippen LogP contribution in [0.1, 0.15) is 21.1 Å². The number of nitrogens with one attached hydrogen (secondary N) is 1. The summed E-state index contributed by atoms with van der Waals surface area (Å²) in [5.41, 5.74) is 0.971. The lowest BCUT2D eigenvalue weighted by Crippen LogP contribution is -2.40. The van der Waals surface area contributed by atoms with Crippen LogP contribution < -0.4 is 5.32 Å². The van der Waals surface area contributed by atoms with Gasteiger partial charge in [-0.2, -0.15) is 0 Å². The van der Waals surface area contributed by atoms with Gasteiger partial charge in [-0.1, -0.05) is 12.1 Å². The van der Waals surface area contributed by atoms with Gasteiger partial charge in [0.25, 0.3) is 15.9 Å². The van der Waals surface area contributed by atoms with Gasteiger partial charge in [0.1, 0.15) is 11.4 Å². The zero-order valence-electron chi connectivity index (χ0n) is 12.9. The van der Waals surface area contributed by atoms with Crippen LogP contribution in [0.5, 0.6) is 0 Å². The van der Waals surface area contributed by atoms with E-state index in [1.807, 2.05) is 12.3 Å². The Labute approximate surface area is 143 Å². The van der Waals surface area contributed by atoms with Gasteiger partial charge >= 0.3 is 0 Å². The average molecular weight is 365 g/mol. The smallest absolute Gasteiger partial charge is 0.269 e. The van der Waals surface area contributed by atoms with E-state index in [1.165, 1.54) is 23.5 Å². The first kappa shape index (κ1) is 16.6. The monoisotopic (exact) mass is 365 g/mol. The fraction of sp³-hybridized carbons (Fsp3) is 0.267. The van der Waals surface area contributed by atoms with Crippen molar-refractivity contribution in [2.24, 2.45) is 0 Å². The summed E-state index contributed by atoms with van der Waals surface area (Å²) in [6.07, 6.45) is 0.553. The van der Waals surface area contributed by atoms with Crippen LogP contribution >= 0.6 is 11.3 Å². The molecular weight excluding hydrogens is 350 g/mol. The molecule has 7 nitrogen and oxygen atoms in total. The molecular formula is C15H15N3O4S2. The van der Waals surface area contributed by atoms with Gasteiger partial charge in [0.05, 0.1) is 16.3 Å². The molecule has 126 valence electrons. The van der Waals surface area contributed by atoms with Crippen LogP contribution in [0.25, 0.3) is 0 Å². The maximum Gasteiger partial charge on any atom is 0.269 e. The van der Waals surface area contributed by atoms with Crippen molar-refractivity contribution in [3.63, 3.8) is 0 Å². The van der Waals surface area contributed by atoms with Gasteiger partial charge in [0, 0.05) is 18.3 Å². The van der Waals surface area contributed by atoms with Crippen LogP contribution in [0.15, 0.2) is 34.5 Å². The molecule has 1 aliphatic heterocycles. The molecule has 2 heterocycles. The van der Waals surface area contributed by atoms with Gasteiger partial charge in [-0.15, -0.1) is 11.3 Å². The van der Waals surface area contributed by atoms with Crippen molar-refractivity contribution in [1.82, 2.24) is 14.6 Å². The molecule has 0 atom stereocenters. The lowest BCUT2D eigenvalue weighted by Gasteiger charge is -2.14. The summed E-state index contributed by atoms with van der Waals surface area (Å²) in [7, 11) is -3.95. The van der Waals surface area contributed by atoms with E-state index in [4.69, 9.17) is 0 Å². The number of sulfonamides is 1. The first-order valence-corrected chi connectivity index (χ1v) is 9.55. The molecule has 0 radical (unpaired) electrons.